The van der Waals surface area contributed by atoms with Crippen molar-refractivity contribution in [2.45, 2.75) is 63.2 Å². The smallest absolute Gasteiger partial charge is 0.124 e. The zero-order chi connectivity index (χ0) is 14.1. The van der Waals surface area contributed by atoms with E-state index in [9.17, 15) is 13.0 Å². The Labute approximate surface area is 116 Å². The lowest BCUT2D eigenvalue weighted by Gasteiger charge is -2.12. The molecule has 0 heterocycles. The molecule has 0 aliphatic carbocycles. The van der Waals surface area contributed by atoms with Crippen LogP contribution in [-0.4, -0.2) is 13.0 Å². The standard InChI is InChI=1S/C15H24O3S/c1-2-3-4-5-6-7-8-11-14-12-9-10-13-15(14)19(16,17)18/h9-10,12-13H,2-8,11H2,1H3,(H,16,17,18)/p-1. The fourth-order valence-electron chi connectivity index (χ4n) is 2.23. The van der Waals surface area contributed by atoms with Gasteiger partial charge < -0.3 is 4.55 Å². The predicted octanol–water partition coefficient (Wildman–Crippen LogP) is 3.88. The molecule has 0 fully saturated rings. The lowest BCUT2D eigenvalue weighted by atomic mass is 10.0. The third-order valence-electron chi connectivity index (χ3n) is 3.29. The second kappa shape index (κ2) is 8.33. The van der Waals surface area contributed by atoms with Gasteiger partial charge in [-0.15, -0.1) is 0 Å². The Bertz CT molecular complexity index is 466. The SMILES string of the molecule is CCCCCCCCCc1ccccc1S(=O)(=O)[O-]. The quantitative estimate of drug-likeness (QED) is 0.510. The van der Waals surface area contributed by atoms with Crippen molar-refractivity contribution in [3.63, 3.8) is 0 Å². The zero-order valence-electron chi connectivity index (χ0n) is 11.6. The molecule has 0 saturated carbocycles. The van der Waals surface area contributed by atoms with E-state index in [1.165, 1.54) is 38.2 Å². The van der Waals surface area contributed by atoms with E-state index in [4.69, 9.17) is 0 Å². The van der Waals surface area contributed by atoms with Crippen LogP contribution in [0.1, 0.15) is 57.4 Å². The van der Waals surface area contributed by atoms with Gasteiger partial charge >= 0.3 is 0 Å². The molecule has 108 valence electrons. The van der Waals surface area contributed by atoms with Crippen molar-refractivity contribution >= 4 is 10.1 Å². The van der Waals surface area contributed by atoms with Crippen molar-refractivity contribution in [3.05, 3.63) is 29.8 Å². The van der Waals surface area contributed by atoms with Crippen LogP contribution in [0.4, 0.5) is 0 Å². The Balaban J connectivity index is 2.38. The first-order chi connectivity index (χ1) is 9.05. The molecule has 0 atom stereocenters. The third-order valence-corrected chi connectivity index (χ3v) is 4.23. The first-order valence-electron chi connectivity index (χ1n) is 7.09. The number of rotatable bonds is 9. The number of hydrogen-bond donors (Lipinski definition) is 0. The van der Waals surface area contributed by atoms with Crippen molar-refractivity contribution in [3.8, 4) is 0 Å². The van der Waals surface area contributed by atoms with Crippen LogP contribution in [0.2, 0.25) is 0 Å². The highest BCUT2D eigenvalue weighted by Gasteiger charge is 2.07. The number of hydrogen-bond acceptors (Lipinski definition) is 3. The topological polar surface area (TPSA) is 57.2 Å². The maximum Gasteiger partial charge on any atom is 0.124 e. The first-order valence-corrected chi connectivity index (χ1v) is 8.50. The molecule has 19 heavy (non-hydrogen) atoms. The highest BCUT2D eigenvalue weighted by atomic mass is 32.2. The molecule has 1 aromatic carbocycles. The molecule has 4 heteroatoms. The van der Waals surface area contributed by atoms with Gasteiger partial charge in [-0.25, -0.2) is 8.42 Å². The van der Waals surface area contributed by atoms with Gasteiger partial charge in [0.25, 0.3) is 0 Å². The summed E-state index contributed by atoms with van der Waals surface area (Å²) in [7, 11) is -4.34. The number of unbranched alkanes of at least 4 members (excludes halogenated alkanes) is 6. The van der Waals surface area contributed by atoms with E-state index in [1.54, 1.807) is 18.2 Å². The lowest BCUT2D eigenvalue weighted by molar-refractivity contribution is 0.461. The van der Waals surface area contributed by atoms with Gasteiger partial charge in [-0.3, -0.25) is 0 Å². The van der Waals surface area contributed by atoms with Crippen molar-refractivity contribution in [2.24, 2.45) is 0 Å². The van der Waals surface area contributed by atoms with Crippen LogP contribution in [0.3, 0.4) is 0 Å². The van der Waals surface area contributed by atoms with Crippen LogP contribution in [0.25, 0.3) is 0 Å². The molecule has 0 unspecified atom stereocenters. The minimum atomic E-state index is -4.34. The molecule has 0 amide bonds. The molecular weight excluding hydrogens is 260 g/mol. The van der Waals surface area contributed by atoms with E-state index < -0.39 is 10.1 Å². The van der Waals surface area contributed by atoms with E-state index in [0.29, 0.717) is 12.0 Å². The Morgan fingerprint density at radius 3 is 2.16 bits per heavy atom. The average Bonchev–Trinajstić information content (AvgIpc) is 2.37. The summed E-state index contributed by atoms with van der Waals surface area (Å²) in [6.45, 7) is 2.19. The van der Waals surface area contributed by atoms with Crippen LogP contribution >= 0.6 is 0 Å². The zero-order valence-corrected chi connectivity index (χ0v) is 12.4. The highest BCUT2D eigenvalue weighted by Crippen LogP contribution is 2.18. The average molecular weight is 283 g/mol. The molecule has 1 aromatic rings. The summed E-state index contributed by atoms with van der Waals surface area (Å²) < 4.78 is 33.3. The van der Waals surface area contributed by atoms with Crippen LogP contribution in [0.5, 0.6) is 0 Å². The molecule has 0 radical (unpaired) electrons. The highest BCUT2D eigenvalue weighted by molar-refractivity contribution is 7.85. The maximum absolute atomic E-state index is 11.1. The second-order valence-electron chi connectivity index (χ2n) is 4.93. The summed E-state index contributed by atoms with van der Waals surface area (Å²) in [6, 6.07) is 6.52. The van der Waals surface area contributed by atoms with Crippen molar-refractivity contribution in [1.29, 1.82) is 0 Å². The van der Waals surface area contributed by atoms with E-state index >= 15 is 0 Å². The third kappa shape index (κ3) is 6.21. The summed E-state index contributed by atoms with van der Waals surface area (Å²) >= 11 is 0. The lowest BCUT2D eigenvalue weighted by Crippen LogP contribution is -2.03. The molecule has 0 saturated heterocycles. The summed E-state index contributed by atoms with van der Waals surface area (Å²) in [5.41, 5.74) is 0.658. The Kier molecular flexibility index (Phi) is 7.10. The molecule has 0 bridgehead atoms. The van der Waals surface area contributed by atoms with Crippen LogP contribution < -0.4 is 0 Å². The Hall–Kier alpha value is -0.870. The van der Waals surface area contributed by atoms with Crippen molar-refractivity contribution in [1.82, 2.24) is 0 Å². The summed E-state index contributed by atoms with van der Waals surface area (Å²) in [5, 5.41) is 0. The molecule has 0 aromatic heterocycles. The van der Waals surface area contributed by atoms with Gasteiger partial charge in [0.05, 0.1) is 4.90 Å². The first kappa shape index (κ1) is 16.2. The van der Waals surface area contributed by atoms with Gasteiger partial charge in [0.15, 0.2) is 0 Å². The van der Waals surface area contributed by atoms with Gasteiger partial charge in [0.2, 0.25) is 0 Å². The Morgan fingerprint density at radius 2 is 1.53 bits per heavy atom. The normalized spacial score (nSPS) is 11.7. The molecule has 0 aliphatic rings. The second-order valence-corrected chi connectivity index (χ2v) is 6.28. The van der Waals surface area contributed by atoms with E-state index in [2.05, 4.69) is 6.92 Å². The van der Waals surface area contributed by atoms with Gasteiger partial charge in [-0.2, -0.15) is 0 Å². The van der Waals surface area contributed by atoms with Gasteiger partial charge in [-0.1, -0.05) is 63.6 Å². The molecule has 0 N–H and O–H groups in total. The fraction of sp³-hybridized carbons (Fsp3) is 0.600. The van der Waals surface area contributed by atoms with E-state index in [0.717, 1.165) is 12.8 Å². The van der Waals surface area contributed by atoms with Crippen LogP contribution in [0.15, 0.2) is 29.2 Å². The van der Waals surface area contributed by atoms with Crippen LogP contribution in [0, 0.1) is 0 Å². The van der Waals surface area contributed by atoms with Gasteiger partial charge in [0, 0.05) is 0 Å². The largest absolute Gasteiger partial charge is 0.744 e. The van der Waals surface area contributed by atoms with E-state index in [-0.39, 0.29) is 4.90 Å². The molecular formula is C15H23O3S-. The minimum Gasteiger partial charge on any atom is -0.744 e. The molecule has 0 aliphatic heterocycles. The van der Waals surface area contributed by atoms with Crippen molar-refractivity contribution < 1.29 is 13.0 Å². The molecule has 3 nitrogen and oxygen atoms in total. The summed E-state index contributed by atoms with van der Waals surface area (Å²) in [5.74, 6) is 0. The Morgan fingerprint density at radius 1 is 0.947 bits per heavy atom. The fourth-order valence-corrected chi connectivity index (χ4v) is 2.96. The maximum atomic E-state index is 11.1. The molecule has 1 rings (SSSR count). The van der Waals surface area contributed by atoms with Gasteiger partial charge in [-0.05, 0) is 24.5 Å². The van der Waals surface area contributed by atoms with Crippen LogP contribution in [-0.2, 0) is 16.5 Å². The van der Waals surface area contributed by atoms with Crippen molar-refractivity contribution in [2.75, 3.05) is 0 Å². The predicted molar refractivity (Wildman–Crippen MR) is 76.1 cm³/mol. The summed E-state index contributed by atoms with van der Waals surface area (Å²) in [6.07, 6.45) is 8.96. The van der Waals surface area contributed by atoms with Gasteiger partial charge in [0.1, 0.15) is 10.1 Å². The number of aryl methyl sites for hydroxylation is 1. The molecule has 0 spiro atoms. The van der Waals surface area contributed by atoms with E-state index in [1.807, 2.05) is 0 Å². The monoisotopic (exact) mass is 283 g/mol. The summed E-state index contributed by atoms with van der Waals surface area (Å²) in [4.78, 5) is -0.0546. The minimum absolute atomic E-state index is 0.0546. The number of benzene rings is 1.